The second-order valence-corrected chi connectivity index (χ2v) is 5.18. The molecular weight excluding hydrogens is 136 g/mol. The Morgan fingerprint density at radius 1 is 1.44 bits per heavy atom. The maximum Gasteiger partial charge on any atom is 0.156 e. The van der Waals surface area contributed by atoms with Crippen molar-refractivity contribution in [2.75, 3.05) is 6.26 Å². The molecule has 0 rings (SSSR count). The highest BCUT2D eigenvalue weighted by Gasteiger charge is 2.25. The van der Waals surface area contributed by atoms with Crippen LogP contribution in [0.3, 0.4) is 0 Å². The quantitative estimate of drug-likeness (QED) is 0.547. The third-order valence-corrected chi connectivity index (χ3v) is 3.53. The fraction of sp³-hybridized carbons (Fsp3) is 0.667. The molecule has 0 saturated heterocycles. The predicted molar refractivity (Wildman–Crippen MR) is 39.1 cm³/mol. The van der Waals surface area contributed by atoms with Gasteiger partial charge in [0.1, 0.15) is 0 Å². The molecule has 0 aliphatic rings. The zero-order valence-corrected chi connectivity index (χ0v) is 6.83. The molecule has 2 nitrogen and oxygen atoms in total. The Labute approximate surface area is 56.5 Å². The summed E-state index contributed by atoms with van der Waals surface area (Å²) in [4.78, 5) is 0. The predicted octanol–water partition coefficient (Wildman–Crippen LogP) is 0.996. The SMILES string of the molecule is C=CC(C)(C)S(C)(=O)=O. The minimum absolute atomic E-state index is 0.785. The van der Waals surface area contributed by atoms with E-state index in [1.165, 1.54) is 12.3 Å². The van der Waals surface area contributed by atoms with Crippen LogP contribution in [0.4, 0.5) is 0 Å². The van der Waals surface area contributed by atoms with Gasteiger partial charge in [0.25, 0.3) is 0 Å². The average molecular weight is 148 g/mol. The Kier molecular flexibility index (Phi) is 2.06. The van der Waals surface area contributed by atoms with Gasteiger partial charge in [-0.1, -0.05) is 6.08 Å². The monoisotopic (exact) mass is 148 g/mol. The topological polar surface area (TPSA) is 34.1 Å². The molecule has 0 heterocycles. The smallest absolute Gasteiger partial charge is 0.156 e. The molecule has 54 valence electrons. The van der Waals surface area contributed by atoms with E-state index in [4.69, 9.17) is 0 Å². The van der Waals surface area contributed by atoms with Crippen LogP contribution >= 0.6 is 0 Å². The molecule has 0 amide bonds. The van der Waals surface area contributed by atoms with Crippen molar-refractivity contribution >= 4 is 9.84 Å². The van der Waals surface area contributed by atoms with Gasteiger partial charge in [-0.05, 0) is 13.8 Å². The second-order valence-electron chi connectivity index (χ2n) is 2.58. The molecule has 0 atom stereocenters. The molecule has 0 aliphatic carbocycles. The van der Waals surface area contributed by atoms with E-state index in [1.54, 1.807) is 13.8 Å². The van der Waals surface area contributed by atoms with Crippen molar-refractivity contribution < 1.29 is 8.42 Å². The van der Waals surface area contributed by atoms with Crippen LogP contribution < -0.4 is 0 Å². The summed E-state index contributed by atoms with van der Waals surface area (Å²) in [5.41, 5.74) is 0. The number of rotatable bonds is 2. The number of hydrogen-bond donors (Lipinski definition) is 0. The van der Waals surface area contributed by atoms with E-state index in [9.17, 15) is 8.42 Å². The molecule has 0 N–H and O–H groups in total. The van der Waals surface area contributed by atoms with Crippen molar-refractivity contribution in [3.8, 4) is 0 Å². The van der Waals surface area contributed by atoms with Gasteiger partial charge in [-0.25, -0.2) is 8.42 Å². The lowest BCUT2D eigenvalue weighted by molar-refractivity contribution is 0.578. The molecule has 0 aliphatic heterocycles. The fourth-order valence-electron chi connectivity index (χ4n) is 0.151. The summed E-state index contributed by atoms with van der Waals surface area (Å²) >= 11 is 0. The van der Waals surface area contributed by atoms with Crippen molar-refractivity contribution in [1.82, 2.24) is 0 Å². The third-order valence-electron chi connectivity index (χ3n) is 1.45. The van der Waals surface area contributed by atoms with E-state index in [2.05, 4.69) is 6.58 Å². The second kappa shape index (κ2) is 2.14. The molecule has 3 heteroatoms. The zero-order valence-electron chi connectivity index (χ0n) is 6.01. The largest absolute Gasteiger partial charge is 0.228 e. The van der Waals surface area contributed by atoms with Crippen LogP contribution in [0.1, 0.15) is 13.8 Å². The fourth-order valence-corrected chi connectivity index (χ4v) is 0.454. The molecule has 0 aromatic carbocycles. The maximum absolute atomic E-state index is 10.8. The molecule has 0 fully saturated rings. The van der Waals surface area contributed by atoms with Crippen molar-refractivity contribution in [3.63, 3.8) is 0 Å². The summed E-state index contributed by atoms with van der Waals surface area (Å²) in [5.74, 6) is 0. The summed E-state index contributed by atoms with van der Waals surface area (Å²) in [6, 6.07) is 0. The number of sulfone groups is 1. The molecule has 0 bridgehead atoms. The standard InChI is InChI=1S/C6H12O2S/c1-5-6(2,3)9(4,7)8/h5H,1H2,2-4H3. The highest BCUT2D eigenvalue weighted by atomic mass is 32.2. The summed E-state index contributed by atoms with van der Waals surface area (Å²) in [5, 5.41) is 0. The zero-order chi connectivity index (χ0) is 7.71. The lowest BCUT2D eigenvalue weighted by atomic mass is 10.2. The first-order valence-electron chi connectivity index (χ1n) is 2.64. The van der Waals surface area contributed by atoms with E-state index in [0.717, 1.165) is 0 Å². The Balaban J connectivity index is 4.77. The van der Waals surface area contributed by atoms with Crippen LogP contribution in [-0.2, 0) is 9.84 Å². The Morgan fingerprint density at radius 3 is 1.78 bits per heavy atom. The summed E-state index contributed by atoms with van der Waals surface area (Å²) in [6.45, 7) is 6.66. The molecule has 0 saturated carbocycles. The van der Waals surface area contributed by atoms with Crippen LogP contribution in [0.5, 0.6) is 0 Å². The van der Waals surface area contributed by atoms with Gasteiger partial charge in [-0.15, -0.1) is 6.58 Å². The van der Waals surface area contributed by atoms with Crippen LogP contribution in [0.15, 0.2) is 12.7 Å². The molecule has 9 heavy (non-hydrogen) atoms. The van der Waals surface area contributed by atoms with Crippen molar-refractivity contribution in [1.29, 1.82) is 0 Å². The number of hydrogen-bond acceptors (Lipinski definition) is 2. The van der Waals surface area contributed by atoms with E-state index in [0.29, 0.717) is 0 Å². The Bertz CT molecular complexity index is 199. The first-order chi connectivity index (χ1) is 3.81. The van der Waals surface area contributed by atoms with Gasteiger partial charge in [-0.3, -0.25) is 0 Å². The van der Waals surface area contributed by atoms with E-state index in [1.807, 2.05) is 0 Å². The van der Waals surface area contributed by atoms with Crippen molar-refractivity contribution in [2.24, 2.45) is 0 Å². The first-order valence-corrected chi connectivity index (χ1v) is 4.53. The Hall–Kier alpha value is -0.310. The van der Waals surface area contributed by atoms with E-state index in [-0.39, 0.29) is 0 Å². The summed E-state index contributed by atoms with van der Waals surface area (Å²) in [7, 11) is -2.97. The van der Waals surface area contributed by atoms with Gasteiger partial charge in [0.05, 0.1) is 4.75 Å². The molecule has 0 aromatic rings. The minimum Gasteiger partial charge on any atom is -0.228 e. The Morgan fingerprint density at radius 2 is 1.78 bits per heavy atom. The van der Waals surface area contributed by atoms with Crippen LogP contribution in [0.2, 0.25) is 0 Å². The van der Waals surface area contributed by atoms with Crippen molar-refractivity contribution in [2.45, 2.75) is 18.6 Å². The van der Waals surface area contributed by atoms with Gasteiger partial charge in [0, 0.05) is 6.26 Å². The first kappa shape index (κ1) is 8.69. The van der Waals surface area contributed by atoms with E-state index >= 15 is 0 Å². The summed E-state index contributed by atoms with van der Waals surface area (Å²) in [6.07, 6.45) is 2.64. The van der Waals surface area contributed by atoms with Gasteiger partial charge in [0.15, 0.2) is 9.84 Å². The minimum atomic E-state index is -2.97. The average Bonchev–Trinajstić information content (AvgIpc) is 1.64. The van der Waals surface area contributed by atoms with Crippen molar-refractivity contribution in [3.05, 3.63) is 12.7 Å². The molecule has 0 unspecified atom stereocenters. The normalized spacial score (nSPS) is 13.2. The molecular formula is C6H12O2S. The van der Waals surface area contributed by atoms with Crippen LogP contribution in [-0.4, -0.2) is 19.4 Å². The lowest BCUT2D eigenvalue weighted by Crippen LogP contribution is -2.27. The highest BCUT2D eigenvalue weighted by molar-refractivity contribution is 7.92. The van der Waals surface area contributed by atoms with E-state index < -0.39 is 14.6 Å². The molecule has 0 aromatic heterocycles. The van der Waals surface area contributed by atoms with Gasteiger partial charge in [-0.2, -0.15) is 0 Å². The van der Waals surface area contributed by atoms with Gasteiger partial charge < -0.3 is 0 Å². The third kappa shape index (κ3) is 1.82. The molecule has 0 spiro atoms. The van der Waals surface area contributed by atoms with Crippen LogP contribution in [0.25, 0.3) is 0 Å². The highest BCUT2D eigenvalue weighted by Crippen LogP contribution is 2.14. The molecule has 0 radical (unpaired) electrons. The van der Waals surface area contributed by atoms with Gasteiger partial charge in [0.2, 0.25) is 0 Å². The van der Waals surface area contributed by atoms with Gasteiger partial charge >= 0.3 is 0 Å². The maximum atomic E-state index is 10.8. The summed E-state index contributed by atoms with van der Waals surface area (Å²) < 4.78 is 20.8. The van der Waals surface area contributed by atoms with Crippen LogP contribution in [0, 0.1) is 0 Å². The lowest BCUT2D eigenvalue weighted by Gasteiger charge is -2.15.